The van der Waals surface area contributed by atoms with E-state index in [0.29, 0.717) is 0 Å². The molecule has 1 aliphatic rings. The van der Waals surface area contributed by atoms with Crippen LogP contribution in [0.25, 0.3) is 0 Å². The molecule has 1 atom stereocenters. The third-order valence-electron chi connectivity index (χ3n) is 4.28. The number of halogens is 1. The van der Waals surface area contributed by atoms with Crippen LogP contribution in [0.4, 0.5) is 15.8 Å². The van der Waals surface area contributed by atoms with E-state index in [1.165, 1.54) is 11.0 Å². The molecule has 1 heterocycles. The number of amides is 2. The van der Waals surface area contributed by atoms with E-state index in [0.717, 1.165) is 16.8 Å². The number of anilines is 2. The van der Waals surface area contributed by atoms with Crippen LogP contribution in [0.15, 0.2) is 42.5 Å². The van der Waals surface area contributed by atoms with E-state index >= 15 is 0 Å². The number of benzene rings is 2. The molecule has 1 aliphatic heterocycles. The molecule has 0 aromatic heterocycles. The highest BCUT2D eigenvalue weighted by atomic mass is 19.1. The van der Waals surface area contributed by atoms with E-state index in [1.54, 1.807) is 18.2 Å². The molecule has 0 radical (unpaired) electrons. The molecule has 0 unspecified atom stereocenters. The second-order valence-electron chi connectivity index (χ2n) is 6.16. The molecule has 4 nitrogen and oxygen atoms in total. The quantitative estimate of drug-likeness (QED) is 0.939. The van der Waals surface area contributed by atoms with E-state index in [1.807, 2.05) is 32.0 Å². The van der Waals surface area contributed by atoms with E-state index in [4.69, 9.17) is 0 Å². The predicted octanol–water partition coefficient (Wildman–Crippen LogP) is 3.43. The van der Waals surface area contributed by atoms with E-state index in [9.17, 15) is 14.0 Å². The first kappa shape index (κ1) is 16.2. The molecule has 0 spiro atoms. The van der Waals surface area contributed by atoms with E-state index < -0.39 is 11.7 Å². The van der Waals surface area contributed by atoms with Crippen molar-refractivity contribution in [1.29, 1.82) is 0 Å². The maximum Gasteiger partial charge on any atom is 0.229 e. The zero-order valence-electron chi connectivity index (χ0n) is 13.7. The van der Waals surface area contributed by atoms with Crippen LogP contribution in [0.5, 0.6) is 0 Å². The second kappa shape index (κ2) is 6.43. The Morgan fingerprint density at radius 3 is 2.67 bits per heavy atom. The molecule has 2 amide bonds. The van der Waals surface area contributed by atoms with Crippen LogP contribution in [0, 0.1) is 25.6 Å². The number of aryl methyl sites for hydroxylation is 2. The number of nitrogens with one attached hydrogen (secondary N) is 1. The molecule has 1 fully saturated rings. The summed E-state index contributed by atoms with van der Waals surface area (Å²) in [6.45, 7) is 4.10. The maximum atomic E-state index is 13.9. The van der Waals surface area contributed by atoms with Crippen molar-refractivity contribution in [3.63, 3.8) is 0 Å². The summed E-state index contributed by atoms with van der Waals surface area (Å²) in [5.41, 5.74) is 3.05. The third-order valence-corrected chi connectivity index (χ3v) is 4.28. The molecule has 5 heteroatoms. The van der Waals surface area contributed by atoms with Crippen LogP contribution < -0.4 is 10.2 Å². The third kappa shape index (κ3) is 3.15. The number of carbonyl (C=O) groups excluding carboxylic acids is 2. The minimum Gasteiger partial charge on any atom is -0.326 e. The molecular weight excluding hydrogens is 307 g/mol. The van der Waals surface area contributed by atoms with Crippen molar-refractivity contribution in [2.24, 2.45) is 5.92 Å². The minimum absolute atomic E-state index is 0.0884. The predicted molar refractivity (Wildman–Crippen MR) is 91.4 cm³/mol. The van der Waals surface area contributed by atoms with Crippen molar-refractivity contribution < 1.29 is 14.0 Å². The van der Waals surface area contributed by atoms with E-state index in [2.05, 4.69) is 5.32 Å². The Morgan fingerprint density at radius 1 is 1.21 bits per heavy atom. The smallest absolute Gasteiger partial charge is 0.229 e. The fourth-order valence-corrected chi connectivity index (χ4v) is 2.98. The van der Waals surface area contributed by atoms with Gasteiger partial charge in [-0.3, -0.25) is 9.59 Å². The normalized spacial score (nSPS) is 17.2. The number of hydrogen-bond acceptors (Lipinski definition) is 2. The molecule has 2 aromatic carbocycles. The van der Waals surface area contributed by atoms with Gasteiger partial charge in [0.15, 0.2) is 0 Å². The Balaban J connectivity index is 1.73. The molecule has 24 heavy (non-hydrogen) atoms. The number of rotatable bonds is 3. The van der Waals surface area contributed by atoms with Gasteiger partial charge >= 0.3 is 0 Å². The first-order valence-electron chi connectivity index (χ1n) is 7.88. The fraction of sp³-hybridized carbons (Fsp3) is 0.263. The lowest BCUT2D eigenvalue weighted by Crippen LogP contribution is -2.28. The molecule has 2 aromatic rings. The lowest BCUT2D eigenvalue weighted by molar-refractivity contribution is -0.122. The van der Waals surface area contributed by atoms with Crippen LogP contribution in [0.3, 0.4) is 0 Å². The summed E-state index contributed by atoms with van der Waals surface area (Å²) in [6.07, 6.45) is 0.0884. The van der Waals surface area contributed by atoms with Gasteiger partial charge in [-0.15, -0.1) is 0 Å². The fourth-order valence-electron chi connectivity index (χ4n) is 2.98. The molecule has 124 valence electrons. The van der Waals surface area contributed by atoms with Crippen molar-refractivity contribution in [1.82, 2.24) is 0 Å². The highest BCUT2D eigenvalue weighted by Gasteiger charge is 2.36. The topological polar surface area (TPSA) is 49.4 Å². The standard InChI is InChI=1S/C19H19FN2O2/c1-12-7-8-16(13(2)9-12)21-19(24)14-10-18(23)22(11-14)17-6-4-3-5-15(17)20/h3-9,14H,10-11H2,1-2H3,(H,21,24)/t14-/m1/s1. The maximum absolute atomic E-state index is 13.9. The molecule has 1 saturated heterocycles. The zero-order chi connectivity index (χ0) is 17.3. The van der Waals surface area contributed by atoms with Crippen molar-refractivity contribution in [2.45, 2.75) is 20.3 Å². The summed E-state index contributed by atoms with van der Waals surface area (Å²) in [6, 6.07) is 11.9. The van der Waals surface area contributed by atoms with Gasteiger partial charge in [0.1, 0.15) is 5.82 Å². The van der Waals surface area contributed by atoms with Gasteiger partial charge in [-0.1, -0.05) is 29.8 Å². The average Bonchev–Trinajstić information content (AvgIpc) is 2.92. The van der Waals surface area contributed by atoms with Crippen LogP contribution in [0.1, 0.15) is 17.5 Å². The molecule has 0 aliphatic carbocycles. The lowest BCUT2D eigenvalue weighted by Gasteiger charge is -2.17. The summed E-state index contributed by atoms with van der Waals surface area (Å²) in [5, 5.41) is 2.87. The Labute approximate surface area is 140 Å². The first-order chi connectivity index (χ1) is 11.5. The van der Waals surface area contributed by atoms with Crippen molar-refractivity contribution in [3.05, 3.63) is 59.4 Å². The van der Waals surface area contributed by atoms with Gasteiger partial charge in [0.25, 0.3) is 0 Å². The van der Waals surface area contributed by atoms with Crippen LogP contribution >= 0.6 is 0 Å². The molecule has 0 saturated carbocycles. The monoisotopic (exact) mass is 326 g/mol. The number of para-hydroxylation sites is 1. The van der Waals surface area contributed by atoms with Crippen molar-refractivity contribution in [3.8, 4) is 0 Å². The van der Waals surface area contributed by atoms with Crippen LogP contribution in [-0.2, 0) is 9.59 Å². The summed E-state index contributed by atoms with van der Waals surface area (Å²) in [4.78, 5) is 26.0. The van der Waals surface area contributed by atoms with Gasteiger partial charge in [-0.05, 0) is 37.6 Å². The average molecular weight is 326 g/mol. The SMILES string of the molecule is Cc1ccc(NC(=O)[C@@H]2CC(=O)N(c3ccccc3F)C2)c(C)c1. The number of nitrogens with zero attached hydrogens (tertiary/aromatic N) is 1. The largest absolute Gasteiger partial charge is 0.326 e. The van der Waals surface area contributed by atoms with Crippen LogP contribution in [0.2, 0.25) is 0 Å². The lowest BCUT2D eigenvalue weighted by atomic mass is 10.1. The molecule has 1 N–H and O–H groups in total. The van der Waals surface area contributed by atoms with Gasteiger partial charge < -0.3 is 10.2 Å². The summed E-state index contributed by atoms with van der Waals surface area (Å²) < 4.78 is 13.9. The van der Waals surface area contributed by atoms with Crippen molar-refractivity contribution >= 4 is 23.2 Å². The van der Waals surface area contributed by atoms with Crippen molar-refractivity contribution in [2.75, 3.05) is 16.8 Å². The van der Waals surface area contributed by atoms with Gasteiger partial charge in [0, 0.05) is 18.7 Å². The summed E-state index contributed by atoms with van der Waals surface area (Å²) >= 11 is 0. The second-order valence-corrected chi connectivity index (χ2v) is 6.16. The Kier molecular flexibility index (Phi) is 4.34. The van der Waals surface area contributed by atoms with Gasteiger partial charge in [0.2, 0.25) is 11.8 Å². The highest BCUT2D eigenvalue weighted by molar-refractivity contribution is 6.03. The molecule has 3 rings (SSSR count). The van der Waals surface area contributed by atoms with Gasteiger partial charge in [-0.2, -0.15) is 0 Å². The van der Waals surface area contributed by atoms with E-state index in [-0.39, 0.29) is 30.5 Å². The Morgan fingerprint density at radius 2 is 1.96 bits per heavy atom. The number of carbonyl (C=O) groups is 2. The zero-order valence-corrected chi connectivity index (χ0v) is 13.7. The number of hydrogen-bond donors (Lipinski definition) is 1. The highest BCUT2D eigenvalue weighted by Crippen LogP contribution is 2.28. The Hall–Kier alpha value is -2.69. The Bertz CT molecular complexity index is 804. The summed E-state index contributed by atoms with van der Waals surface area (Å²) in [5.74, 6) is -1.39. The molecular formula is C19H19FN2O2. The van der Waals surface area contributed by atoms with Gasteiger partial charge in [0.05, 0.1) is 11.6 Å². The summed E-state index contributed by atoms with van der Waals surface area (Å²) in [7, 11) is 0. The first-order valence-corrected chi connectivity index (χ1v) is 7.88. The van der Waals surface area contributed by atoms with Gasteiger partial charge in [-0.25, -0.2) is 4.39 Å². The molecule has 0 bridgehead atoms. The minimum atomic E-state index is -0.488. The van der Waals surface area contributed by atoms with Crippen LogP contribution in [-0.4, -0.2) is 18.4 Å².